The van der Waals surface area contributed by atoms with E-state index in [4.69, 9.17) is 4.74 Å². The number of alkyl halides is 3. The average Bonchev–Trinajstić information content (AvgIpc) is 3.17. The third-order valence-electron chi connectivity index (χ3n) is 3.92. The molecule has 0 bridgehead atoms. The van der Waals surface area contributed by atoms with Gasteiger partial charge >= 0.3 is 6.18 Å². The molecule has 0 amide bonds. The van der Waals surface area contributed by atoms with Crippen LogP contribution in [0.3, 0.4) is 0 Å². The Balaban J connectivity index is 0.00000136. The number of hydrogen-bond donors (Lipinski definition) is 2. The van der Waals surface area contributed by atoms with Crippen molar-refractivity contribution in [3.63, 3.8) is 0 Å². The number of aryl methyl sites for hydroxylation is 1. The van der Waals surface area contributed by atoms with Gasteiger partial charge in [-0.15, -0.1) is 0 Å². The van der Waals surface area contributed by atoms with Gasteiger partial charge in [-0.25, -0.2) is 15.0 Å². The highest BCUT2D eigenvalue weighted by Crippen LogP contribution is 2.28. The molecule has 3 rings (SSSR count). The Hall–Kier alpha value is -2.84. The fourth-order valence-corrected chi connectivity index (χ4v) is 2.55. The van der Waals surface area contributed by atoms with Gasteiger partial charge in [0.15, 0.2) is 0 Å². The zero-order valence-electron chi connectivity index (χ0n) is 16.0. The normalized spacial score (nSPS) is 17.4. The van der Waals surface area contributed by atoms with Gasteiger partial charge in [-0.3, -0.25) is 0 Å². The Bertz CT molecular complexity index is 778. The van der Waals surface area contributed by atoms with Gasteiger partial charge in [0.25, 0.3) is 6.02 Å². The first-order valence-corrected chi connectivity index (χ1v) is 9.05. The Morgan fingerprint density at radius 3 is 2.54 bits per heavy atom. The Morgan fingerprint density at radius 1 is 1.21 bits per heavy atom. The van der Waals surface area contributed by atoms with Gasteiger partial charge in [-0.1, -0.05) is 26.0 Å². The van der Waals surface area contributed by atoms with E-state index in [0.717, 1.165) is 30.8 Å². The van der Waals surface area contributed by atoms with Crippen molar-refractivity contribution in [2.24, 2.45) is 4.99 Å². The molecule has 0 aliphatic carbocycles. The molecule has 2 heterocycles. The van der Waals surface area contributed by atoms with Gasteiger partial charge in [-0.2, -0.15) is 13.2 Å². The number of anilines is 2. The predicted molar refractivity (Wildman–Crippen MR) is 103 cm³/mol. The summed E-state index contributed by atoms with van der Waals surface area (Å²) in [6, 6.07) is 9.15. The summed E-state index contributed by atoms with van der Waals surface area (Å²) < 4.78 is 43.4. The first-order valence-electron chi connectivity index (χ1n) is 9.05. The molecule has 1 aromatic carbocycles. The van der Waals surface area contributed by atoms with Gasteiger partial charge in [0.1, 0.15) is 24.4 Å². The van der Waals surface area contributed by atoms with Crippen LogP contribution in [0.5, 0.6) is 0 Å². The fourth-order valence-electron chi connectivity index (χ4n) is 2.55. The van der Waals surface area contributed by atoms with Crippen molar-refractivity contribution in [3.8, 4) is 0 Å². The summed E-state index contributed by atoms with van der Waals surface area (Å²) in [5.41, 5.74) is 0.800. The van der Waals surface area contributed by atoms with E-state index < -0.39 is 11.9 Å². The van der Waals surface area contributed by atoms with Crippen molar-refractivity contribution in [2.45, 2.75) is 38.9 Å². The lowest BCUT2D eigenvalue weighted by atomic mass is 10.1. The smallest absolute Gasteiger partial charge is 0.433 e. The van der Waals surface area contributed by atoms with E-state index in [1.807, 2.05) is 38.1 Å². The molecule has 1 aliphatic rings. The van der Waals surface area contributed by atoms with Crippen molar-refractivity contribution in [2.75, 3.05) is 19.0 Å². The molecule has 28 heavy (non-hydrogen) atoms. The monoisotopic (exact) mass is 395 g/mol. The van der Waals surface area contributed by atoms with Gasteiger partial charge in [0.2, 0.25) is 0 Å². The van der Waals surface area contributed by atoms with Crippen molar-refractivity contribution in [1.82, 2.24) is 15.3 Å². The molecule has 1 atom stereocenters. The summed E-state index contributed by atoms with van der Waals surface area (Å²) in [5.74, 6) is 0.0961. The molecule has 1 fully saturated rings. The number of aromatic nitrogens is 2. The molecule has 2 N–H and O–H groups in total. The largest absolute Gasteiger partial charge is 0.463 e. The molecule has 1 aromatic heterocycles. The summed E-state index contributed by atoms with van der Waals surface area (Å²) in [7, 11) is 1.67. The third-order valence-corrected chi connectivity index (χ3v) is 3.92. The second-order valence-corrected chi connectivity index (χ2v) is 5.83. The third kappa shape index (κ3) is 6.11. The molecule has 2 aromatic rings. The van der Waals surface area contributed by atoms with Gasteiger partial charge < -0.3 is 15.4 Å². The van der Waals surface area contributed by atoms with E-state index in [9.17, 15) is 13.2 Å². The number of nitrogens with zero attached hydrogens (tertiary/aromatic N) is 3. The van der Waals surface area contributed by atoms with Crippen LogP contribution in [0, 0.1) is 0 Å². The van der Waals surface area contributed by atoms with E-state index in [-0.39, 0.29) is 11.9 Å². The van der Waals surface area contributed by atoms with Crippen molar-refractivity contribution in [1.29, 1.82) is 0 Å². The summed E-state index contributed by atoms with van der Waals surface area (Å²) in [6.45, 7) is 4.60. The predicted octanol–water partition coefficient (Wildman–Crippen LogP) is 4.17. The molecule has 1 saturated heterocycles. The molecule has 1 unspecified atom stereocenters. The number of hydrogen-bond acceptors (Lipinski definition) is 5. The molecule has 1 aliphatic heterocycles. The van der Waals surface area contributed by atoms with E-state index in [2.05, 4.69) is 25.6 Å². The quantitative estimate of drug-likeness (QED) is 0.795. The lowest BCUT2D eigenvalue weighted by molar-refractivity contribution is -0.141. The molecular weight excluding hydrogens is 371 g/mol. The topological polar surface area (TPSA) is 71.4 Å². The van der Waals surface area contributed by atoms with Crippen LogP contribution in [0.25, 0.3) is 0 Å². The highest BCUT2D eigenvalue weighted by atomic mass is 19.4. The van der Waals surface area contributed by atoms with Crippen LogP contribution in [0.1, 0.15) is 31.5 Å². The van der Waals surface area contributed by atoms with Crippen LogP contribution in [-0.2, 0) is 17.3 Å². The highest BCUT2D eigenvalue weighted by molar-refractivity contribution is 5.75. The second kappa shape index (κ2) is 9.91. The second-order valence-electron chi connectivity index (χ2n) is 5.83. The molecule has 0 saturated carbocycles. The standard InChI is InChI=1S/C17H18F3N5O.C2H6/c1-21-16-25-13(9-26-16)7-4-11-2-5-12(6-3-11)24-15-8-14(17(18,19)20)22-10-23-15;1-2/h2-3,5-6,8,10,13H,4,7,9H2,1H3,(H,21,25)(H,22,23,24);1-2H3. The molecule has 6 nitrogen and oxygen atoms in total. The number of benzene rings is 1. The molecular formula is C19H24F3N5O. The van der Waals surface area contributed by atoms with Crippen molar-refractivity contribution in [3.05, 3.63) is 47.9 Å². The first kappa shape index (κ1) is 21.5. The SMILES string of the molecule is CC.CN=C1NC(CCc2ccc(Nc3cc(C(F)(F)F)ncn3)cc2)CO1. The van der Waals surface area contributed by atoms with Crippen LogP contribution in [0.2, 0.25) is 0 Å². The summed E-state index contributed by atoms with van der Waals surface area (Å²) in [4.78, 5) is 11.0. The lowest BCUT2D eigenvalue weighted by Crippen LogP contribution is -2.27. The number of rotatable bonds is 5. The minimum atomic E-state index is -4.50. The van der Waals surface area contributed by atoms with Crippen molar-refractivity contribution < 1.29 is 17.9 Å². The van der Waals surface area contributed by atoms with Crippen LogP contribution >= 0.6 is 0 Å². The van der Waals surface area contributed by atoms with E-state index >= 15 is 0 Å². The van der Waals surface area contributed by atoms with Gasteiger partial charge in [0.05, 0.1) is 6.04 Å². The number of nitrogens with one attached hydrogen (secondary N) is 2. The maximum absolute atomic E-state index is 12.7. The average molecular weight is 395 g/mol. The molecule has 0 radical (unpaired) electrons. The van der Waals surface area contributed by atoms with Gasteiger partial charge in [-0.05, 0) is 30.5 Å². The molecule has 9 heteroatoms. The van der Waals surface area contributed by atoms with Crippen LogP contribution in [0.15, 0.2) is 41.7 Å². The first-order chi connectivity index (χ1) is 13.4. The Morgan fingerprint density at radius 2 is 1.93 bits per heavy atom. The minimum Gasteiger partial charge on any atom is -0.463 e. The van der Waals surface area contributed by atoms with Crippen molar-refractivity contribution >= 4 is 17.5 Å². The Kier molecular flexibility index (Phi) is 7.60. The lowest BCUT2D eigenvalue weighted by Gasteiger charge is -2.10. The summed E-state index contributed by atoms with van der Waals surface area (Å²) >= 11 is 0. The summed E-state index contributed by atoms with van der Waals surface area (Å²) in [5, 5.41) is 6.04. The molecule has 0 spiro atoms. The van der Waals surface area contributed by atoms with Crippen LogP contribution < -0.4 is 10.6 Å². The van der Waals surface area contributed by atoms with Crippen LogP contribution in [0.4, 0.5) is 24.7 Å². The molecule has 152 valence electrons. The van der Waals surface area contributed by atoms with E-state index in [0.29, 0.717) is 18.3 Å². The highest BCUT2D eigenvalue weighted by Gasteiger charge is 2.32. The minimum absolute atomic E-state index is 0.0961. The number of halogens is 3. The fraction of sp³-hybridized carbons (Fsp3) is 0.421. The van der Waals surface area contributed by atoms with Gasteiger partial charge in [0, 0.05) is 18.8 Å². The number of ether oxygens (including phenoxy) is 1. The zero-order chi connectivity index (χ0) is 20.6. The Labute approximate surface area is 162 Å². The van der Waals surface area contributed by atoms with E-state index in [1.165, 1.54) is 0 Å². The number of aliphatic imine (C=N–C) groups is 1. The maximum Gasteiger partial charge on any atom is 0.433 e. The summed E-state index contributed by atoms with van der Waals surface area (Å²) in [6.07, 6.45) is -1.86. The van der Waals surface area contributed by atoms with E-state index in [1.54, 1.807) is 7.05 Å². The zero-order valence-corrected chi connectivity index (χ0v) is 16.0. The number of amidine groups is 1. The van der Waals surface area contributed by atoms with Crippen LogP contribution in [-0.4, -0.2) is 35.7 Å². The maximum atomic E-state index is 12.7.